The van der Waals surface area contributed by atoms with Gasteiger partial charge < -0.3 is 15.2 Å². The van der Waals surface area contributed by atoms with Gasteiger partial charge in [0.25, 0.3) is 0 Å². The Bertz CT molecular complexity index is 1280. The number of nitrogens with one attached hydrogen (secondary N) is 1. The molecule has 1 aliphatic rings. The van der Waals surface area contributed by atoms with Crippen LogP contribution in [0.15, 0.2) is 47.5 Å². The molecule has 0 aliphatic carbocycles. The molecule has 8 nitrogen and oxygen atoms in total. The molecule has 2 N–H and O–H groups in total. The van der Waals surface area contributed by atoms with Crippen LogP contribution in [0.1, 0.15) is 10.4 Å². The van der Waals surface area contributed by atoms with E-state index in [4.69, 9.17) is 16.3 Å². The van der Waals surface area contributed by atoms with Gasteiger partial charge in [-0.1, -0.05) is 11.6 Å². The number of carboxylic acid groups (broad SMARTS) is 1. The second-order valence-electron chi connectivity index (χ2n) is 6.80. The Morgan fingerprint density at radius 2 is 1.94 bits per heavy atom. The van der Waals surface area contributed by atoms with Gasteiger partial charge >= 0.3 is 5.97 Å². The van der Waals surface area contributed by atoms with Crippen LogP contribution in [0, 0.1) is 5.82 Å². The number of carbonyl (C=O) groups is 1. The second-order valence-corrected chi connectivity index (χ2v) is 9.14. The topological polar surface area (TPSA) is 109 Å². The minimum atomic E-state index is -4.02. The number of nitrogens with zero attached hydrogens (tertiary/aromatic N) is 2. The van der Waals surface area contributed by atoms with E-state index in [1.165, 1.54) is 16.6 Å². The van der Waals surface area contributed by atoms with Gasteiger partial charge in [-0.2, -0.15) is 4.31 Å². The van der Waals surface area contributed by atoms with Crippen LogP contribution in [0.25, 0.3) is 10.9 Å². The van der Waals surface area contributed by atoms with Crippen LogP contribution >= 0.6 is 11.6 Å². The maximum Gasteiger partial charge on any atom is 0.337 e. The number of halogens is 2. The first-order chi connectivity index (χ1) is 14.8. The average molecular weight is 466 g/mol. The molecular weight excluding hydrogens is 449 g/mol. The third-order valence-electron chi connectivity index (χ3n) is 4.85. The minimum Gasteiger partial charge on any atom is -0.478 e. The van der Waals surface area contributed by atoms with Crippen LogP contribution in [0.5, 0.6) is 0 Å². The third kappa shape index (κ3) is 4.19. The molecule has 0 spiro atoms. The minimum absolute atomic E-state index is 0.0621. The summed E-state index contributed by atoms with van der Waals surface area (Å²) in [6.07, 6.45) is 1.20. The fraction of sp³-hybridized carbons (Fsp3) is 0.200. The predicted molar refractivity (Wildman–Crippen MR) is 113 cm³/mol. The Labute approximate surface area is 182 Å². The van der Waals surface area contributed by atoms with Crippen molar-refractivity contribution in [2.24, 2.45) is 0 Å². The largest absolute Gasteiger partial charge is 0.478 e. The van der Waals surface area contributed by atoms with E-state index in [1.54, 1.807) is 12.1 Å². The first-order valence-electron chi connectivity index (χ1n) is 9.23. The summed E-state index contributed by atoms with van der Waals surface area (Å²) >= 11 is 6.13. The number of morpholine rings is 1. The molecule has 11 heteroatoms. The van der Waals surface area contributed by atoms with E-state index in [-0.39, 0.29) is 48.1 Å². The van der Waals surface area contributed by atoms with Crippen molar-refractivity contribution in [2.45, 2.75) is 4.90 Å². The van der Waals surface area contributed by atoms with Crippen LogP contribution in [0.4, 0.5) is 15.8 Å². The lowest BCUT2D eigenvalue weighted by atomic mass is 10.1. The van der Waals surface area contributed by atoms with E-state index < -0.39 is 21.8 Å². The molecule has 2 heterocycles. The number of aromatic nitrogens is 1. The Kier molecular flexibility index (Phi) is 5.80. The summed E-state index contributed by atoms with van der Waals surface area (Å²) in [5.41, 5.74) is 0.176. The molecule has 0 unspecified atom stereocenters. The van der Waals surface area contributed by atoms with E-state index in [0.29, 0.717) is 15.9 Å². The number of hydrogen-bond donors (Lipinski definition) is 2. The van der Waals surface area contributed by atoms with Gasteiger partial charge in [-0.05, 0) is 36.4 Å². The molecule has 4 rings (SSSR count). The number of ether oxygens (including phenoxy) is 1. The lowest BCUT2D eigenvalue weighted by Crippen LogP contribution is -2.40. The number of benzene rings is 2. The summed E-state index contributed by atoms with van der Waals surface area (Å²) in [5, 5.41) is 13.0. The standard InChI is InChI=1S/C20H17ClFN3O5S/c21-12-1-4-16-15(9-12)19(24-17-10-13(22)2-3-14(17)20(26)27)18(11-23-16)31(28,29)25-5-7-30-8-6-25/h1-4,9-11H,5-8H2,(H,23,24)(H,26,27). The van der Waals surface area contributed by atoms with Crippen LogP contribution in [-0.4, -0.2) is 55.1 Å². The smallest absolute Gasteiger partial charge is 0.337 e. The molecule has 2 aromatic carbocycles. The van der Waals surface area contributed by atoms with Crippen LogP contribution < -0.4 is 5.32 Å². The van der Waals surface area contributed by atoms with Gasteiger partial charge in [0.15, 0.2) is 0 Å². The third-order valence-corrected chi connectivity index (χ3v) is 7.00. The van der Waals surface area contributed by atoms with Crippen LogP contribution in [0.3, 0.4) is 0 Å². The fourth-order valence-corrected chi connectivity index (χ4v) is 5.02. The molecular formula is C20H17ClFN3O5S. The molecule has 0 bridgehead atoms. The molecule has 1 aliphatic heterocycles. The fourth-order valence-electron chi connectivity index (χ4n) is 3.34. The lowest BCUT2D eigenvalue weighted by Gasteiger charge is -2.27. The van der Waals surface area contributed by atoms with E-state index >= 15 is 0 Å². The van der Waals surface area contributed by atoms with E-state index in [9.17, 15) is 22.7 Å². The first kappa shape index (κ1) is 21.4. The Morgan fingerprint density at radius 1 is 1.19 bits per heavy atom. The van der Waals surface area contributed by atoms with Crippen molar-refractivity contribution < 1.29 is 27.4 Å². The van der Waals surface area contributed by atoms with Crippen molar-refractivity contribution in [3.63, 3.8) is 0 Å². The van der Waals surface area contributed by atoms with Crippen molar-refractivity contribution in [1.29, 1.82) is 0 Å². The summed E-state index contributed by atoms with van der Waals surface area (Å²) in [6.45, 7) is 0.829. The Morgan fingerprint density at radius 3 is 2.65 bits per heavy atom. The molecule has 0 amide bonds. The quantitative estimate of drug-likeness (QED) is 0.593. The summed E-state index contributed by atoms with van der Waals surface area (Å²) in [4.78, 5) is 15.7. The summed E-state index contributed by atoms with van der Waals surface area (Å²) in [5.74, 6) is -1.97. The van der Waals surface area contributed by atoms with E-state index in [2.05, 4.69) is 10.3 Å². The SMILES string of the molecule is O=C(O)c1ccc(F)cc1Nc1c(S(=O)(=O)N2CCOCC2)cnc2ccc(Cl)cc12. The molecule has 0 radical (unpaired) electrons. The number of hydrogen-bond acceptors (Lipinski definition) is 6. The number of anilines is 2. The molecule has 0 saturated carbocycles. The zero-order valence-corrected chi connectivity index (χ0v) is 17.6. The van der Waals surface area contributed by atoms with Gasteiger partial charge in [0.1, 0.15) is 10.7 Å². The van der Waals surface area contributed by atoms with Gasteiger partial charge in [0.2, 0.25) is 10.0 Å². The number of rotatable bonds is 5. The molecule has 1 fully saturated rings. The monoisotopic (exact) mass is 465 g/mol. The molecule has 162 valence electrons. The van der Waals surface area contributed by atoms with Gasteiger partial charge in [0.05, 0.1) is 35.7 Å². The highest BCUT2D eigenvalue weighted by atomic mass is 35.5. The number of fused-ring (bicyclic) bond motifs is 1. The highest BCUT2D eigenvalue weighted by molar-refractivity contribution is 7.89. The van der Waals surface area contributed by atoms with Crippen molar-refractivity contribution in [2.75, 3.05) is 31.6 Å². The molecule has 31 heavy (non-hydrogen) atoms. The van der Waals surface area contributed by atoms with Crippen LogP contribution in [-0.2, 0) is 14.8 Å². The zero-order chi connectivity index (χ0) is 22.2. The Balaban J connectivity index is 1.94. The van der Waals surface area contributed by atoms with Gasteiger partial charge in [-0.15, -0.1) is 0 Å². The number of sulfonamides is 1. The molecule has 1 aromatic heterocycles. The highest BCUT2D eigenvalue weighted by Gasteiger charge is 2.30. The van der Waals surface area contributed by atoms with Crippen molar-refractivity contribution in [3.8, 4) is 0 Å². The normalized spacial score (nSPS) is 15.2. The summed E-state index contributed by atoms with van der Waals surface area (Å²) in [6, 6.07) is 7.84. The Hall–Kier alpha value is -2.79. The summed E-state index contributed by atoms with van der Waals surface area (Å²) in [7, 11) is -4.02. The van der Waals surface area contributed by atoms with Crippen LogP contribution in [0.2, 0.25) is 5.02 Å². The number of carboxylic acids is 1. The van der Waals surface area contributed by atoms with Gasteiger partial charge in [0, 0.05) is 29.7 Å². The lowest BCUT2D eigenvalue weighted by molar-refractivity contribution is 0.0698. The van der Waals surface area contributed by atoms with Gasteiger partial charge in [-0.3, -0.25) is 4.98 Å². The van der Waals surface area contributed by atoms with Gasteiger partial charge in [-0.25, -0.2) is 17.6 Å². The molecule has 1 saturated heterocycles. The van der Waals surface area contributed by atoms with E-state index in [0.717, 1.165) is 18.2 Å². The maximum atomic E-state index is 13.9. The number of aromatic carboxylic acids is 1. The maximum absolute atomic E-state index is 13.9. The molecule has 3 aromatic rings. The van der Waals surface area contributed by atoms with Crippen molar-refractivity contribution >= 4 is 49.9 Å². The predicted octanol–water partition coefficient (Wildman–Crippen LogP) is 3.49. The number of pyridine rings is 1. The second kappa shape index (κ2) is 8.39. The van der Waals surface area contributed by atoms with Crippen molar-refractivity contribution in [3.05, 3.63) is 59.0 Å². The average Bonchev–Trinajstić information content (AvgIpc) is 2.74. The highest BCUT2D eigenvalue weighted by Crippen LogP contribution is 2.36. The molecule has 0 atom stereocenters. The summed E-state index contributed by atoms with van der Waals surface area (Å²) < 4.78 is 47.2. The zero-order valence-electron chi connectivity index (χ0n) is 16.0. The van der Waals surface area contributed by atoms with Crippen molar-refractivity contribution in [1.82, 2.24) is 9.29 Å². The van der Waals surface area contributed by atoms with E-state index in [1.807, 2.05) is 0 Å². The first-order valence-corrected chi connectivity index (χ1v) is 11.1.